The molecule has 1 heterocycles. The molecule has 12 heteroatoms. The minimum absolute atomic E-state index is 0.788. The maximum Gasteiger partial charge on any atom is 0.0627 e. The Hall–Kier alpha value is 0.523. The quantitative estimate of drug-likeness (QED) is 0.111. The zero-order chi connectivity index (χ0) is 48.4. The van der Waals surface area contributed by atoms with Crippen LogP contribution in [0.25, 0.3) is 22.3 Å². The minimum Gasteiger partial charge on any atom is -0.0760 e. The highest BCUT2D eigenvalue weighted by atomic mass is 29.7. The highest BCUT2D eigenvalue weighted by Crippen LogP contribution is 2.61. The van der Waals surface area contributed by atoms with Gasteiger partial charge >= 0.3 is 0 Å². The van der Waals surface area contributed by atoms with E-state index in [9.17, 15) is 0 Å². The van der Waals surface area contributed by atoms with E-state index in [1.807, 2.05) is 0 Å². The second-order valence-corrected chi connectivity index (χ2v) is 104. The Morgan fingerprint density at radius 1 is 0.290 bits per heavy atom. The predicted octanol–water partition coefficient (Wildman–Crippen LogP) is 18.0. The molecule has 62 heavy (non-hydrogen) atoms. The van der Waals surface area contributed by atoms with Crippen LogP contribution in [0.2, 0.25) is 187 Å². The second-order valence-electron chi connectivity index (χ2n) is 29.5. The van der Waals surface area contributed by atoms with Gasteiger partial charge in [0.1, 0.15) is 0 Å². The largest absolute Gasteiger partial charge is 0.0760 e. The maximum atomic E-state index is 3.35. The Kier molecular flexibility index (Phi) is 17.5. The summed E-state index contributed by atoms with van der Waals surface area (Å²) in [6.45, 7) is 81.3. The Morgan fingerprint density at radius 2 is 0.468 bits per heavy atom. The maximum absolute atomic E-state index is 3.35. The molecule has 0 aliphatic carbocycles. The van der Waals surface area contributed by atoms with Gasteiger partial charge < -0.3 is 0 Å². The average Bonchev–Trinajstić information content (AvgIpc) is 3.02. The van der Waals surface area contributed by atoms with Crippen LogP contribution in [-0.4, -0.2) is 94.6 Å². The molecule has 0 atom stereocenters. The summed E-state index contributed by atoms with van der Waals surface area (Å²) in [7, 11) is -20.4. The van der Waals surface area contributed by atoms with E-state index in [-0.39, 0.29) is 0 Å². The van der Waals surface area contributed by atoms with Crippen LogP contribution in [0.15, 0.2) is 72.0 Å². The van der Waals surface area contributed by atoms with Crippen LogP contribution in [0.4, 0.5) is 0 Å². The molecule has 0 aliphatic rings. The number of hydrogen-bond acceptors (Lipinski definition) is 0. The number of hydrogen-bond donors (Lipinski definition) is 0. The Balaban J connectivity index is 3.31. The molecule has 2 aromatic carbocycles. The van der Waals surface area contributed by atoms with Crippen molar-refractivity contribution in [2.24, 2.45) is 0 Å². The topological polar surface area (TPSA) is 0 Å². The van der Waals surface area contributed by atoms with Gasteiger partial charge in [0.25, 0.3) is 0 Å². The fraction of sp³-hybridized carbons (Fsp3) is 0.680. The van der Waals surface area contributed by atoms with Crippen molar-refractivity contribution in [3.63, 3.8) is 0 Å². The van der Waals surface area contributed by atoms with Crippen molar-refractivity contribution in [3.05, 3.63) is 72.0 Å². The van der Waals surface area contributed by atoms with E-state index in [0.717, 1.165) is 30.2 Å². The minimum atomic E-state index is -2.26. The third kappa shape index (κ3) is 11.5. The van der Waals surface area contributed by atoms with Crippen molar-refractivity contribution in [3.8, 4) is 22.3 Å². The van der Waals surface area contributed by atoms with E-state index in [4.69, 9.17) is 0 Å². The predicted molar refractivity (Wildman–Crippen MR) is 323 cm³/mol. The van der Waals surface area contributed by atoms with Gasteiger partial charge in [0.15, 0.2) is 0 Å². The lowest BCUT2D eigenvalue weighted by molar-refractivity contribution is 0.987. The van der Waals surface area contributed by atoms with E-state index in [2.05, 4.69) is 257 Å². The van der Waals surface area contributed by atoms with E-state index in [1.165, 1.54) is 11.1 Å². The smallest absolute Gasteiger partial charge is 0.0627 e. The molecule has 0 aliphatic heterocycles. The van der Waals surface area contributed by atoms with E-state index in [0.29, 0.717) is 0 Å². The normalized spacial score (nSPS) is 15.0. The van der Waals surface area contributed by atoms with Crippen molar-refractivity contribution in [2.45, 2.75) is 215 Å². The fourth-order valence-electron chi connectivity index (χ4n) is 16.9. The van der Waals surface area contributed by atoms with E-state index in [1.54, 1.807) is 11.1 Å². The molecular weight excluding hydrogens is 938 g/mol. The summed E-state index contributed by atoms with van der Waals surface area (Å²) in [6, 6.07) is 24.0. The molecule has 1 aromatic heterocycles. The van der Waals surface area contributed by atoms with Gasteiger partial charge in [-0.2, -0.15) is 0 Å². The molecule has 3 aromatic rings. The molecule has 0 spiro atoms. The summed E-state index contributed by atoms with van der Waals surface area (Å²) in [6.07, 6.45) is 0. The first kappa shape index (κ1) is 56.8. The zero-order valence-electron chi connectivity index (χ0n) is 46.4. The Morgan fingerprint density at radius 3 is 0.613 bits per heavy atom. The van der Waals surface area contributed by atoms with Gasteiger partial charge in [-0.15, -0.1) is 0 Å². The third-order valence-corrected chi connectivity index (χ3v) is 131. The van der Waals surface area contributed by atoms with Gasteiger partial charge in [-0.05, 0) is 22.3 Å². The summed E-state index contributed by atoms with van der Waals surface area (Å²) in [5.74, 6) is 0. The van der Waals surface area contributed by atoms with Crippen LogP contribution < -0.4 is 0 Å². The van der Waals surface area contributed by atoms with Gasteiger partial charge in [0.2, 0.25) is 0 Å². The third-order valence-electron chi connectivity index (χ3n) is 15.0. The Labute approximate surface area is 400 Å². The molecule has 0 bridgehead atoms. The second kappa shape index (κ2) is 19.1. The fourth-order valence-corrected chi connectivity index (χ4v) is 228. The summed E-state index contributed by atoms with van der Waals surface area (Å²) in [4.78, 5) is 3.97. The van der Waals surface area contributed by atoms with Crippen molar-refractivity contribution in [2.75, 3.05) is 0 Å². The van der Waals surface area contributed by atoms with Crippen molar-refractivity contribution >= 4 is 94.6 Å². The molecule has 0 nitrogen and oxygen atoms in total. The van der Waals surface area contributed by atoms with Crippen molar-refractivity contribution in [1.29, 1.82) is 0 Å². The van der Waals surface area contributed by atoms with Crippen LogP contribution in [0.1, 0.15) is 27.7 Å². The SMILES string of the molecule is CC(C)[Si](C([Si](C)(C)C)[Si](C)(C)C)(C([Si](C)(C)C)[Si](C)(C)C)[si]1cc(-c2ccccc2)c(-c2ccccc2)c[si]1[Si](C(C)C)(C([Si](C)(C)C)[Si](C)(C)C)C([Si](C)(C)C)[Si](C)(C)C. The molecular formula is C50H102Si12. The number of rotatable bonds is 18. The van der Waals surface area contributed by atoms with Crippen LogP contribution >= 0.6 is 0 Å². The lowest BCUT2D eigenvalue weighted by atomic mass is 9.99. The monoisotopic (exact) mass is 1040 g/mol. The van der Waals surface area contributed by atoms with Crippen LogP contribution in [0, 0.1) is 0 Å². The van der Waals surface area contributed by atoms with Gasteiger partial charge in [-0.25, -0.2) is 0 Å². The molecule has 0 saturated carbocycles. The van der Waals surface area contributed by atoms with Crippen LogP contribution in [0.3, 0.4) is 0 Å². The molecule has 0 fully saturated rings. The van der Waals surface area contributed by atoms with Crippen molar-refractivity contribution in [1.82, 2.24) is 0 Å². The summed E-state index contributed by atoms with van der Waals surface area (Å²) < 4.78 is 0. The summed E-state index contributed by atoms with van der Waals surface area (Å²) in [5, 5.41) is 0. The lowest BCUT2D eigenvalue weighted by Gasteiger charge is -2.66. The molecule has 3 rings (SSSR count). The van der Waals surface area contributed by atoms with E-state index < -0.39 is 94.6 Å². The number of benzene rings is 2. The first-order chi connectivity index (χ1) is 27.5. The molecule has 0 radical (unpaired) electrons. The van der Waals surface area contributed by atoms with E-state index >= 15 is 0 Å². The van der Waals surface area contributed by atoms with Crippen molar-refractivity contribution < 1.29 is 0 Å². The summed E-state index contributed by atoms with van der Waals surface area (Å²) >= 11 is 0. The Bertz CT molecular complexity index is 1670. The standard InChI is InChI=1S/C50H102Si12/c1-41(2)61(47(53(5,6)7)54(8,9)10,48(55(11,12)13)56(14,15)16)51-39-45(43-35-31-29-32-36-43)46(44-37-33-30-34-38-44)40-52(51)62(42(3)4,49(57(17,18)19)58(20,21)22)50(59(23,24)25)60(26,27)28/h29-42,47-50H,1-28H3. The van der Waals surface area contributed by atoms with Gasteiger partial charge in [-0.3, -0.25) is 0 Å². The van der Waals surface area contributed by atoms with Gasteiger partial charge in [-0.1, -0.05) is 287 Å². The lowest BCUT2D eigenvalue weighted by Crippen LogP contribution is -2.80. The highest BCUT2D eigenvalue weighted by molar-refractivity contribution is 7.66. The molecule has 0 unspecified atom stereocenters. The molecule has 0 saturated heterocycles. The molecule has 0 amide bonds. The zero-order valence-corrected chi connectivity index (χ0v) is 58.4. The first-order valence-corrected chi connectivity index (χ1v) is 64.1. The molecule has 0 N–H and O–H groups in total. The van der Waals surface area contributed by atoms with Gasteiger partial charge in [0.05, 0.1) is 15.2 Å². The van der Waals surface area contributed by atoms with Crippen LogP contribution in [0.5, 0.6) is 0 Å². The van der Waals surface area contributed by atoms with Crippen LogP contribution in [-0.2, 0) is 0 Å². The first-order valence-electron chi connectivity index (χ1n) is 24.8. The summed E-state index contributed by atoms with van der Waals surface area (Å²) in [5.41, 5.74) is 14.6. The van der Waals surface area contributed by atoms with Gasteiger partial charge in [0, 0.05) is 79.4 Å². The average molecular weight is 1040 g/mol. The molecule has 350 valence electrons. The highest BCUT2D eigenvalue weighted by Gasteiger charge is 2.69.